The first-order valence-corrected chi connectivity index (χ1v) is 5.07. The number of nitrogens with zero attached hydrogens (tertiary/aromatic N) is 1. The maximum atomic E-state index is 5.80. The minimum atomic E-state index is 0.513. The summed E-state index contributed by atoms with van der Waals surface area (Å²) in [5.74, 6) is 0. The first-order valence-electron chi connectivity index (χ1n) is 4.25. The van der Waals surface area contributed by atoms with Crippen LogP contribution < -0.4 is 11.5 Å². The van der Waals surface area contributed by atoms with Gasteiger partial charge in [-0.15, -0.1) is 0 Å². The molecule has 0 amide bonds. The second-order valence-electron chi connectivity index (χ2n) is 3.13. The van der Waals surface area contributed by atoms with E-state index in [1.165, 1.54) is 16.9 Å². The molecule has 4 N–H and O–H groups in total. The highest BCUT2D eigenvalue weighted by molar-refractivity contribution is 7.19. The van der Waals surface area contributed by atoms with Crippen molar-refractivity contribution >= 4 is 21.5 Å². The zero-order valence-electron chi connectivity index (χ0n) is 7.82. The van der Waals surface area contributed by atoms with E-state index in [0.717, 1.165) is 11.3 Å². The predicted octanol–water partition coefficient (Wildman–Crippen LogP) is 2.28. The predicted molar refractivity (Wildman–Crippen MR) is 61.1 cm³/mol. The van der Waals surface area contributed by atoms with E-state index >= 15 is 0 Å². The highest BCUT2D eigenvalue weighted by Gasteiger charge is 2.08. The number of anilines is 2. The lowest BCUT2D eigenvalue weighted by Crippen LogP contribution is -1.87. The van der Waals surface area contributed by atoms with Crippen molar-refractivity contribution in [3.8, 4) is 11.3 Å². The van der Waals surface area contributed by atoms with Gasteiger partial charge in [0.1, 0.15) is 10.7 Å². The molecule has 0 radical (unpaired) electrons. The second-order valence-corrected chi connectivity index (χ2v) is 4.20. The van der Waals surface area contributed by atoms with Crippen LogP contribution in [-0.4, -0.2) is 4.98 Å². The van der Waals surface area contributed by atoms with Crippen LogP contribution in [0, 0.1) is 6.92 Å². The minimum Gasteiger partial charge on any atom is -0.389 e. The fourth-order valence-electron chi connectivity index (χ4n) is 1.35. The molecular weight excluding hydrogens is 194 g/mol. The summed E-state index contributed by atoms with van der Waals surface area (Å²) in [4.78, 5) is 4.19. The Morgan fingerprint density at radius 1 is 1.29 bits per heavy atom. The molecule has 1 heterocycles. The molecule has 0 saturated heterocycles. The van der Waals surface area contributed by atoms with Crippen LogP contribution in [0.2, 0.25) is 0 Å². The van der Waals surface area contributed by atoms with E-state index in [4.69, 9.17) is 11.5 Å². The molecule has 0 atom stereocenters. The van der Waals surface area contributed by atoms with Crippen LogP contribution in [0.5, 0.6) is 0 Å². The van der Waals surface area contributed by atoms with E-state index in [9.17, 15) is 0 Å². The number of nitrogens with two attached hydrogens (primary N) is 2. The summed E-state index contributed by atoms with van der Waals surface area (Å²) in [6.45, 7) is 2.04. The lowest BCUT2D eigenvalue weighted by Gasteiger charge is -1.99. The van der Waals surface area contributed by atoms with Gasteiger partial charge < -0.3 is 11.5 Å². The number of rotatable bonds is 1. The molecule has 14 heavy (non-hydrogen) atoms. The topological polar surface area (TPSA) is 64.9 Å². The summed E-state index contributed by atoms with van der Waals surface area (Å²) in [5, 5.41) is 1.19. The molecule has 0 bridgehead atoms. The van der Waals surface area contributed by atoms with Gasteiger partial charge in [-0.25, -0.2) is 4.98 Å². The fourth-order valence-corrected chi connectivity index (χ4v) is 1.97. The number of aryl methyl sites for hydroxylation is 1. The third-order valence-corrected chi connectivity index (χ3v) is 2.68. The van der Waals surface area contributed by atoms with Gasteiger partial charge in [0, 0.05) is 5.56 Å². The van der Waals surface area contributed by atoms with Gasteiger partial charge in [-0.2, -0.15) is 0 Å². The number of aromatic nitrogens is 1. The molecule has 0 aliphatic heterocycles. The van der Waals surface area contributed by atoms with Gasteiger partial charge in [0.25, 0.3) is 0 Å². The average molecular weight is 205 g/mol. The van der Waals surface area contributed by atoms with Crippen molar-refractivity contribution < 1.29 is 0 Å². The quantitative estimate of drug-likeness (QED) is 0.750. The van der Waals surface area contributed by atoms with Crippen molar-refractivity contribution in [3.05, 3.63) is 29.8 Å². The summed E-state index contributed by atoms with van der Waals surface area (Å²) < 4.78 is 0. The first-order chi connectivity index (χ1) is 6.66. The minimum absolute atomic E-state index is 0.513. The molecule has 0 unspecified atom stereocenters. The Morgan fingerprint density at radius 2 is 2.07 bits per heavy atom. The molecule has 72 valence electrons. The summed E-state index contributed by atoms with van der Waals surface area (Å²) in [6.07, 6.45) is 0. The smallest absolute Gasteiger partial charge is 0.182 e. The average Bonchev–Trinajstić information content (AvgIpc) is 2.45. The monoisotopic (exact) mass is 205 g/mol. The molecule has 2 aromatic rings. The zero-order valence-corrected chi connectivity index (χ0v) is 8.64. The highest BCUT2D eigenvalue weighted by Crippen LogP contribution is 2.31. The molecule has 1 aromatic heterocycles. The maximum absolute atomic E-state index is 5.80. The van der Waals surface area contributed by atoms with Crippen molar-refractivity contribution in [2.24, 2.45) is 0 Å². The van der Waals surface area contributed by atoms with E-state index in [1.54, 1.807) is 0 Å². The van der Waals surface area contributed by atoms with Crippen LogP contribution in [0.25, 0.3) is 11.3 Å². The Hall–Kier alpha value is -1.55. The molecule has 0 spiro atoms. The number of benzene rings is 1. The Kier molecular flexibility index (Phi) is 2.13. The van der Waals surface area contributed by atoms with Crippen LogP contribution in [0.4, 0.5) is 10.1 Å². The molecule has 0 saturated carbocycles. The third-order valence-electron chi connectivity index (χ3n) is 1.96. The van der Waals surface area contributed by atoms with Crippen molar-refractivity contribution in [3.63, 3.8) is 0 Å². The van der Waals surface area contributed by atoms with Gasteiger partial charge in [0.2, 0.25) is 0 Å². The largest absolute Gasteiger partial charge is 0.389 e. The van der Waals surface area contributed by atoms with Gasteiger partial charge in [-0.3, -0.25) is 0 Å². The van der Waals surface area contributed by atoms with Crippen LogP contribution >= 0.6 is 11.3 Å². The van der Waals surface area contributed by atoms with Crippen LogP contribution in [0.15, 0.2) is 24.3 Å². The summed E-state index contributed by atoms with van der Waals surface area (Å²) in [5.41, 5.74) is 14.4. The van der Waals surface area contributed by atoms with Crippen LogP contribution in [0.1, 0.15) is 5.56 Å². The Labute approximate surface area is 86.4 Å². The number of thiazole rings is 1. The Morgan fingerprint density at radius 3 is 2.64 bits per heavy atom. The normalized spacial score (nSPS) is 10.4. The van der Waals surface area contributed by atoms with Crippen molar-refractivity contribution in [1.82, 2.24) is 4.98 Å². The van der Waals surface area contributed by atoms with Crippen molar-refractivity contribution in [2.75, 3.05) is 11.5 Å². The summed E-state index contributed by atoms with van der Waals surface area (Å²) in [7, 11) is 0. The summed E-state index contributed by atoms with van der Waals surface area (Å²) in [6, 6.07) is 8.05. The van der Waals surface area contributed by atoms with Gasteiger partial charge in [-0.05, 0) is 13.0 Å². The zero-order chi connectivity index (χ0) is 10.1. The molecular formula is C10H11N3S. The van der Waals surface area contributed by atoms with Crippen LogP contribution in [-0.2, 0) is 0 Å². The molecule has 0 fully saturated rings. The van der Waals surface area contributed by atoms with E-state index in [2.05, 4.69) is 4.98 Å². The molecule has 3 nitrogen and oxygen atoms in total. The second kappa shape index (κ2) is 3.31. The SMILES string of the molecule is Cc1cccc(-c2nc(N)sc2N)c1. The van der Waals surface area contributed by atoms with E-state index < -0.39 is 0 Å². The van der Waals surface area contributed by atoms with Crippen LogP contribution in [0.3, 0.4) is 0 Å². The molecule has 0 aliphatic carbocycles. The number of hydrogen-bond acceptors (Lipinski definition) is 4. The Balaban J connectivity index is 2.54. The van der Waals surface area contributed by atoms with E-state index in [1.807, 2.05) is 31.2 Å². The molecule has 2 rings (SSSR count). The van der Waals surface area contributed by atoms with Gasteiger partial charge in [0.05, 0.1) is 0 Å². The fraction of sp³-hybridized carbons (Fsp3) is 0.100. The number of hydrogen-bond donors (Lipinski definition) is 2. The van der Waals surface area contributed by atoms with Gasteiger partial charge in [0.15, 0.2) is 5.13 Å². The van der Waals surface area contributed by atoms with Crippen molar-refractivity contribution in [2.45, 2.75) is 6.92 Å². The standard InChI is InChI=1S/C10H11N3S/c1-6-3-2-4-7(5-6)8-9(11)14-10(12)13-8/h2-5H,11H2,1H3,(H2,12,13). The summed E-state index contributed by atoms with van der Waals surface area (Å²) >= 11 is 1.31. The maximum Gasteiger partial charge on any atom is 0.182 e. The van der Waals surface area contributed by atoms with Gasteiger partial charge >= 0.3 is 0 Å². The first kappa shape index (κ1) is 9.02. The third kappa shape index (κ3) is 1.56. The Bertz CT molecular complexity index is 462. The van der Waals surface area contributed by atoms with Gasteiger partial charge in [-0.1, -0.05) is 35.1 Å². The molecule has 0 aliphatic rings. The van der Waals surface area contributed by atoms with E-state index in [0.29, 0.717) is 10.1 Å². The van der Waals surface area contributed by atoms with E-state index in [-0.39, 0.29) is 0 Å². The lowest BCUT2D eigenvalue weighted by atomic mass is 10.1. The molecule has 4 heteroatoms. The highest BCUT2D eigenvalue weighted by atomic mass is 32.1. The molecule has 1 aromatic carbocycles. The van der Waals surface area contributed by atoms with Crippen molar-refractivity contribution in [1.29, 1.82) is 0 Å². The lowest BCUT2D eigenvalue weighted by molar-refractivity contribution is 1.39. The number of nitrogen functional groups attached to an aromatic ring is 2.